The number of rotatable bonds is 3. The second-order valence-electron chi connectivity index (χ2n) is 4.89. The molecule has 0 unspecified atom stereocenters. The first-order valence-corrected chi connectivity index (χ1v) is 6.61. The Morgan fingerprint density at radius 1 is 1.16 bits per heavy atom. The zero-order chi connectivity index (χ0) is 13.8. The first-order valence-electron chi connectivity index (χ1n) is 6.61. The van der Waals surface area contributed by atoms with Crippen LogP contribution in [0, 0.1) is 6.92 Å². The van der Waals surface area contributed by atoms with E-state index in [9.17, 15) is 9.59 Å². The summed E-state index contributed by atoms with van der Waals surface area (Å²) in [7, 11) is 1.51. The number of amides is 1. The standard InChI is InChI=1S/C15H19NO3/c1-11-6-7-13(19-2)12(10-11)14(17)15(18)16-8-4-3-5-9-16/h6-7,10H,3-5,8-9H2,1-2H3. The Morgan fingerprint density at radius 2 is 1.84 bits per heavy atom. The van der Waals surface area contributed by atoms with Gasteiger partial charge in [-0.05, 0) is 38.3 Å². The molecule has 2 rings (SSSR count). The number of aryl methyl sites for hydroxylation is 1. The average molecular weight is 261 g/mol. The van der Waals surface area contributed by atoms with Crippen molar-refractivity contribution in [3.05, 3.63) is 29.3 Å². The lowest BCUT2D eigenvalue weighted by molar-refractivity contribution is -0.127. The number of piperidine rings is 1. The van der Waals surface area contributed by atoms with Crippen molar-refractivity contribution in [2.24, 2.45) is 0 Å². The van der Waals surface area contributed by atoms with E-state index >= 15 is 0 Å². The number of hydrogen-bond acceptors (Lipinski definition) is 3. The van der Waals surface area contributed by atoms with E-state index in [-0.39, 0.29) is 0 Å². The van der Waals surface area contributed by atoms with E-state index in [0.29, 0.717) is 24.4 Å². The third kappa shape index (κ3) is 2.95. The van der Waals surface area contributed by atoms with E-state index in [4.69, 9.17) is 4.74 Å². The maximum absolute atomic E-state index is 12.3. The molecule has 0 radical (unpaired) electrons. The van der Waals surface area contributed by atoms with E-state index in [0.717, 1.165) is 24.8 Å². The number of Topliss-reactive ketones (excluding diaryl/α,β-unsaturated/α-hetero) is 1. The van der Waals surface area contributed by atoms with Gasteiger partial charge in [0.25, 0.3) is 11.7 Å². The van der Waals surface area contributed by atoms with Gasteiger partial charge in [-0.3, -0.25) is 9.59 Å². The summed E-state index contributed by atoms with van der Waals surface area (Å²) in [6.45, 7) is 3.25. The SMILES string of the molecule is COc1ccc(C)cc1C(=O)C(=O)N1CCCCC1. The summed E-state index contributed by atoms with van der Waals surface area (Å²) in [5.74, 6) is -0.424. The Kier molecular flexibility index (Phi) is 4.20. The van der Waals surface area contributed by atoms with E-state index in [1.807, 2.05) is 13.0 Å². The minimum atomic E-state index is -0.470. The zero-order valence-electron chi connectivity index (χ0n) is 11.4. The summed E-state index contributed by atoms with van der Waals surface area (Å²) >= 11 is 0. The highest BCUT2D eigenvalue weighted by atomic mass is 16.5. The fraction of sp³-hybridized carbons (Fsp3) is 0.467. The Labute approximate surface area is 113 Å². The van der Waals surface area contributed by atoms with Gasteiger partial charge in [0.05, 0.1) is 12.7 Å². The highest BCUT2D eigenvalue weighted by Crippen LogP contribution is 2.21. The van der Waals surface area contributed by atoms with Crippen LogP contribution in [-0.2, 0) is 4.79 Å². The normalized spacial score (nSPS) is 15.2. The van der Waals surface area contributed by atoms with E-state index in [1.54, 1.807) is 17.0 Å². The molecule has 1 aliphatic heterocycles. The monoisotopic (exact) mass is 261 g/mol. The summed E-state index contributed by atoms with van der Waals surface area (Å²) in [5.41, 5.74) is 1.30. The summed E-state index contributed by atoms with van der Waals surface area (Å²) in [5, 5.41) is 0. The molecule has 102 valence electrons. The summed E-state index contributed by atoms with van der Waals surface area (Å²) in [6, 6.07) is 5.30. The van der Waals surface area contributed by atoms with Gasteiger partial charge in [-0.25, -0.2) is 0 Å². The van der Waals surface area contributed by atoms with Crippen molar-refractivity contribution in [3.8, 4) is 5.75 Å². The van der Waals surface area contributed by atoms with Crippen LogP contribution in [0.1, 0.15) is 35.2 Å². The molecule has 1 aliphatic rings. The Hall–Kier alpha value is -1.84. The molecule has 0 spiro atoms. The Morgan fingerprint density at radius 3 is 2.47 bits per heavy atom. The van der Waals surface area contributed by atoms with Gasteiger partial charge in [0.15, 0.2) is 0 Å². The van der Waals surface area contributed by atoms with Gasteiger partial charge in [0, 0.05) is 13.1 Å². The molecule has 0 bridgehead atoms. The minimum absolute atomic E-state index is 0.359. The van der Waals surface area contributed by atoms with Crippen LogP contribution in [0.4, 0.5) is 0 Å². The molecule has 4 nitrogen and oxygen atoms in total. The fourth-order valence-corrected chi connectivity index (χ4v) is 2.36. The van der Waals surface area contributed by atoms with Gasteiger partial charge in [-0.1, -0.05) is 11.6 Å². The molecule has 0 aliphatic carbocycles. The summed E-state index contributed by atoms with van der Waals surface area (Å²) in [6.07, 6.45) is 3.08. The molecule has 1 saturated heterocycles. The number of benzene rings is 1. The van der Waals surface area contributed by atoms with Gasteiger partial charge in [0.1, 0.15) is 5.75 Å². The average Bonchev–Trinajstić information content (AvgIpc) is 2.46. The van der Waals surface area contributed by atoms with Crippen LogP contribution in [-0.4, -0.2) is 36.8 Å². The zero-order valence-corrected chi connectivity index (χ0v) is 11.4. The lowest BCUT2D eigenvalue weighted by Crippen LogP contribution is -2.40. The molecule has 1 fully saturated rings. The number of likely N-dealkylation sites (tertiary alicyclic amines) is 1. The number of ether oxygens (including phenoxy) is 1. The molecular weight excluding hydrogens is 242 g/mol. The maximum atomic E-state index is 12.3. The lowest BCUT2D eigenvalue weighted by atomic mass is 10.0. The van der Waals surface area contributed by atoms with Crippen LogP contribution in [0.25, 0.3) is 0 Å². The van der Waals surface area contributed by atoms with E-state index in [1.165, 1.54) is 7.11 Å². The van der Waals surface area contributed by atoms with Crippen molar-refractivity contribution in [2.75, 3.05) is 20.2 Å². The van der Waals surface area contributed by atoms with E-state index < -0.39 is 11.7 Å². The third-order valence-corrected chi connectivity index (χ3v) is 3.44. The number of carbonyl (C=O) groups excluding carboxylic acids is 2. The molecular formula is C15H19NO3. The van der Waals surface area contributed by atoms with Crippen LogP contribution in [0.15, 0.2) is 18.2 Å². The smallest absolute Gasteiger partial charge is 0.295 e. The van der Waals surface area contributed by atoms with Crippen LogP contribution in [0.2, 0.25) is 0 Å². The topological polar surface area (TPSA) is 46.6 Å². The maximum Gasteiger partial charge on any atom is 0.295 e. The van der Waals surface area contributed by atoms with E-state index in [2.05, 4.69) is 0 Å². The molecule has 0 N–H and O–H groups in total. The van der Waals surface area contributed by atoms with Crippen molar-refractivity contribution in [1.82, 2.24) is 4.90 Å². The second-order valence-corrected chi connectivity index (χ2v) is 4.89. The number of carbonyl (C=O) groups is 2. The van der Waals surface area contributed by atoms with Crippen molar-refractivity contribution in [3.63, 3.8) is 0 Å². The van der Waals surface area contributed by atoms with Crippen LogP contribution in [0.5, 0.6) is 5.75 Å². The second kappa shape index (κ2) is 5.87. The van der Waals surface area contributed by atoms with Crippen molar-refractivity contribution in [1.29, 1.82) is 0 Å². The van der Waals surface area contributed by atoms with Crippen LogP contribution < -0.4 is 4.74 Å². The van der Waals surface area contributed by atoms with Gasteiger partial charge in [-0.2, -0.15) is 0 Å². The van der Waals surface area contributed by atoms with Crippen molar-refractivity contribution in [2.45, 2.75) is 26.2 Å². The van der Waals surface area contributed by atoms with Gasteiger partial charge >= 0.3 is 0 Å². The van der Waals surface area contributed by atoms with Crippen LogP contribution in [0.3, 0.4) is 0 Å². The number of nitrogens with zero attached hydrogens (tertiary/aromatic N) is 1. The quantitative estimate of drug-likeness (QED) is 0.619. The fourth-order valence-electron chi connectivity index (χ4n) is 2.36. The lowest BCUT2D eigenvalue weighted by Gasteiger charge is -2.26. The highest BCUT2D eigenvalue weighted by Gasteiger charge is 2.26. The van der Waals surface area contributed by atoms with Gasteiger partial charge in [-0.15, -0.1) is 0 Å². The highest BCUT2D eigenvalue weighted by molar-refractivity contribution is 6.43. The van der Waals surface area contributed by atoms with Crippen LogP contribution >= 0.6 is 0 Å². The Balaban J connectivity index is 2.23. The van der Waals surface area contributed by atoms with Crippen molar-refractivity contribution >= 4 is 11.7 Å². The largest absolute Gasteiger partial charge is 0.496 e. The minimum Gasteiger partial charge on any atom is -0.496 e. The molecule has 4 heteroatoms. The number of hydrogen-bond donors (Lipinski definition) is 0. The molecule has 0 aromatic heterocycles. The molecule has 1 aromatic rings. The first kappa shape index (κ1) is 13.6. The summed E-state index contributed by atoms with van der Waals surface area (Å²) < 4.78 is 5.17. The molecule has 1 aromatic carbocycles. The van der Waals surface area contributed by atoms with Gasteiger partial charge < -0.3 is 9.64 Å². The molecule has 0 saturated carbocycles. The molecule has 1 amide bonds. The third-order valence-electron chi connectivity index (χ3n) is 3.44. The number of ketones is 1. The molecule has 0 atom stereocenters. The number of methoxy groups -OCH3 is 1. The summed E-state index contributed by atoms with van der Waals surface area (Å²) in [4.78, 5) is 26.1. The predicted octanol–water partition coefficient (Wildman–Crippen LogP) is 2.20. The van der Waals surface area contributed by atoms with Gasteiger partial charge in [0.2, 0.25) is 0 Å². The molecule has 1 heterocycles. The first-order chi connectivity index (χ1) is 9.13. The molecule has 19 heavy (non-hydrogen) atoms. The Bertz CT molecular complexity index is 490. The van der Waals surface area contributed by atoms with Crippen molar-refractivity contribution < 1.29 is 14.3 Å². The predicted molar refractivity (Wildman–Crippen MR) is 72.5 cm³/mol.